The van der Waals surface area contributed by atoms with Gasteiger partial charge in [-0.1, -0.05) is 0 Å². The van der Waals surface area contributed by atoms with Crippen LogP contribution in [0, 0.1) is 6.92 Å². The van der Waals surface area contributed by atoms with Crippen LogP contribution in [0.5, 0.6) is 0 Å². The Labute approximate surface area is 61.0 Å². The summed E-state index contributed by atoms with van der Waals surface area (Å²) < 4.78 is 4.56. The summed E-state index contributed by atoms with van der Waals surface area (Å²) in [5.74, 6) is 0.547. The molecule has 0 heterocycles. The van der Waals surface area contributed by atoms with E-state index in [4.69, 9.17) is 0 Å². The first-order valence-electron chi connectivity index (χ1n) is 2.87. The molecule has 0 unspecified atom stereocenters. The lowest BCUT2D eigenvalue weighted by Crippen LogP contribution is -2.03. The second-order valence-electron chi connectivity index (χ2n) is 1.55. The summed E-state index contributed by atoms with van der Waals surface area (Å²) in [7, 11) is 0. The Morgan fingerprint density at radius 1 is 1.67 bits per heavy atom. The lowest BCUT2D eigenvalue weighted by Gasteiger charge is -1.97. The first-order valence-corrected chi connectivity index (χ1v) is 3.50. The van der Waals surface area contributed by atoms with Gasteiger partial charge in [0.2, 0.25) is 0 Å². The maximum absolute atomic E-state index is 10.5. The number of carbonyl (C=O) groups is 1. The van der Waals surface area contributed by atoms with E-state index in [-0.39, 0.29) is 12.6 Å². The second-order valence-corrected chi connectivity index (χ2v) is 1.99. The van der Waals surface area contributed by atoms with Gasteiger partial charge in [0.05, 0.1) is 6.61 Å². The number of hydrogen-bond acceptors (Lipinski definition) is 3. The van der Waals surface area contributed by atoms with Crippen LogP contribution in [0.25, 0.3) is 0 Å². The van der Waals surface area contributed by atoms with Crippen molar-refractivity contribution < 1.29 is 9.53 Å². The third-order valence-electron chi connectivity index (χ3n) is 0.802. The molecular formula is C6H11O2S. The molecule has 0 aromatic carbocycles. The van der Waals surface area contributed by atoms with Crippen molar-refractivity contribution in [3.63, 3.8) is 0 Å². The van der Waals surface area contributed by atoms with Crippen LogP contribution < -0.4 is 0 Å². The van der Waals surface area contributed by atoms with Gasteiger partial charge in [0.15, 0.2) is 0 Å². The van der Waals surface area contributed by atoms with E-state index >= 15 is 0 Å². The van der Waals surface area contributed by atoms with Crippen molar-refractivity contribution in [2.24, 2.45) is 0 Å². The maximum atomic E-state index is 10.5. The fourth-order valence-electron chi connectivity index (χ4n) is 0.409. The summed E-state index contributed by atoms with van der Waals surface area (Å²) in [6, 6.07) is 0. The van der Waals surface area contributed by atoms with Crippen molar-refractivity contribution in [2.45, 2.75) is 12.8 Å². The average Bonchev–Trinajstić information content (AvgIpc) is 1.85. The van der Waals surface area contributed by atoms with E-state index in [1.165, 1.54) is 0 Å². The van der Waals surface area contributed by atoms with Crippen LogP contribution in [-0.4, -0.2) is 18.3 Å². The fraction of sp³-hybridized carbons (Fsp3) is 0.667. The third kappa shape index (κ3) is 5.69. The van der Waals surface area contributed by atoms with Crippen LogP contribution in [0.2, 0.25) is 0 Å². The van der Waals surface area contributed by atoms with Crippen molar-refractivity contribution in [3.05, 3.63) is 6.92 Å². The third-order valence-corrected chi connectivity index (χ3v) is 1.12. The topological polar surface area (TPSA) is 26.3 Å². The first-order chi connectivity index (χ1) is 4.31. The molecule has 0 saturated carbocycles. The molecule has 0 amide bonds. The molecular weight excluding hydrogens is 136 g/mol. The summed E-state index contributed by atoms with van der Waals surface area (Å²) in [5, 5.41) is 0. The molecule has 0 saturated heterocycles. The predicted octanol–water partition coefficient (Wildman–Crippen LogP) is 1.07. The Morgan fingerprint density at radius 2 is 2.33 bits per heavy atom. The smallest absolute Gasteiger partial charge is 0.305 e. The van der Waals surface area contributed by atoms with E-state index in [0.717, 1.165) is 12.2 Å². The molecule has 2 nitrogen and oxygen atoms in total. The summed E-state index contributed by atoms with van der Waals surface area (Å²) in [4.78, 5) is 10.5. The number of carbonyl (C=O) groups excluding carboxylic acids is 1. The summed E-state index contributed by atoms with van der Waals surface area (Å²) in [6.45, 7) is 3.60. The van der Waals surface area contributed by atoms with Crippen LogP contribution in [0.3, 0.4) is 0 Å². The molecule has 0 aliphatic rings. The first kappa shape index (κ1) is 8.82. The number of ether oxygens (including phenoxy) is 1. The van der Waals surface area contributed by atoms with Gasteiger partial charge in [0.1, 0.15) is 0 Å². The van der Waals surface area contributed by atoms with Crippen molar-refractivity contribution in [3.8, 4) is 0 Å². The molecule has 0 fully saturated rings. The van der Waals surface area contributed by atoms with Gasteiger partial charge in [-0.3, -0.25) is 4.79 Å². The Bertz CT molecular complexity index is 83.1. The van der Waals surface area contributed by atoms with Gasteiger partial charge in [-0.05, 0) is 19.1 Å². The van der Waals surface area contributed by atoms with E-state index in [0.29, 0.717) is 6.42 Å². The molecule has 0 aromatic heterocycles. The van der Waals surface area contributed by atoms with Gasteiger partial charge in [0, 0.05) is 6.42 Å². The Hall–Kier alpha value is -0.180. The molecule has 0 rings (SSSR count). The minimum absolute atomic E-state index is 0.181. The standard InChI is InChI=1S/C6H11O2S/c1-2-8-6(7)4-3-5-9/h9H,1-5H2. The molecule has 53 valence electrons. The number of esters is 1. The predicted molar refractivity (Wildman–Crippen MR) is 39.4 cm³/mol. The largest absolute Gasteiger partial charge is 0.466 e. The molecule has 1 radical (unpaired) electrons. The Balaban J connectivity index is 3.06. The van der Waals surface area contributed by atoms with Crippen LogP contribution in [-0.2, 0) is 9.53 Å². The summed E-state index contributed by atoms with van der Waals surface area (Å²) in [6.07, 6.45) is 1.24. The Kier molecular flexibility index (Phi) is 5.83. The van der Waals surface area contributed by atoms with Gasteiger partial charge in [-0.25, -0.2) is 0 Å². The summed E-state index contributed by atoms with van der Waals surface area (Å²) >= 11 is 3.94. The lowest BCUT2D eigenvalue weighted by atomic mass is 10.3. The molecule has 0 N–H and O–H groups in total. The molecule has 0 aliphatic carbocycles. The normalized spacial score (nSPS) is 9.11. The van der Waals surface area contributed by atoms with Crippen LogP contribution in [0.1, 0.15) is 12.8 Å². The van der Waals surface area contributed by atoms with Crippen molar-refractivity contribution in [1.29, 1.82) is 0 Å². The molecule has 3 heteroatoms. The molecule has 0 bridgehead atoms. The Morgan fingerprint density at radius 3 is 2.78 bits per heavy atom. The van der Waals surface area contributed by atoms with E-state index in [1.807, 2.05) is 0 Å². The van der Waals surface area contributed by atoms with Gasteiger partial charge in [-0.15, -0.1) is 0 Å². The SMILES string of the molecule is [CH2]COC(=O)CCCS. The molecule has 9 heavy (non-hydrogen) atoms. The van der Waals surface area contributed by atoms with Gasteiger partial charge in [-0.2, -0.15) is 12.6 Å². The molecule has 0 aliphatic heterocycles. The highest BCUT2D eigenvalue weighted by Gasteiger charge is 1.97. The van der Waals surface area contributed by atoms with Gasteiger partial charge >= 0.3 is 5.97 Å². The molecule has 0 atom stereocenters. The fourth-order valence-corrected chi connectivity index (χ4v) is 0.568. The van der Waals surface area contributed by atoms with E-state index < -0.39 is 0 Å². The van der Waals surface area contributed by atoms with Crippen molar-refractivity contribution in [2.75, 3.05) is 12.4 Å². The number of rotatable bonds is 4. The monoisotopic (exact) mass is 147 g/mol. The zero-order valence-electron chi connectivity index (χ0n) is 5.30. The van der Waals surface area contributed by atoms with Gasteiger partial charge in [0.25, 0.3) is 0 Å². The van der Waals surface area contributed by atoms with Crippen LogP contribution in [0.15, 0.2) is 0 Å². The zero-order chi connectivity index (χ0) is 7.11. The van der Waals surface area contributed by atoms with E-state index in [2.05, 4.69) is 24.3 Å². The highest BCUT2D eigenvalue weighted by Crippen LogP contribution is 1.93. The van der Waals surface area contributed by atoms with E-state index in [9.17, 15) is 4.79 Å². The maximum Gasteiger partial charge on any atom is 0.305 e. The lowest BCUT2D eigenvalue weighted by molar-refractivity contribution is -0.142. The average molecular weight is 147 g/mol. The van der Waals surface area contributed by atoms with Crippen LogP contribution in [0.4, 0.5) is 0 Å². The zero-order valence-corrected chi connectivity index (χ0v) is 6.19. The molecule has 0 aromatic rings. The highest BCUT2D eigenvalue weighted by atomic mass is 32.1. The van der Waals surface area contributed by atoms with Gasteiger partial charge < -0.3 is 4.74 Å². The van der Waals surface area contributed by atoms with Crippen molar-refractivity contribution in [1.82, 2.24) is 0 Å². The summed E-state index contributed by atoms with van der Waals surface area (Å²) in [5.41, 5.74) is 0. The number of hydrogen-bond donors (Lipinski definition) is 1. The van der Waals surface area contributed by atoms with E-state index in [1.54, 1.807) is 0 Å². The second kappa shape index (κ2) is 5.95. The minimum atomic E-state index is -0.181. The van der Waals surface area contributed by atoms with Crippen LogP contribution >= 0.6 is 12.6 Å². The minimum Gasteiger partial charge on any atom is -0.466 e. The quantitative estimate of drug-likeness (QED) is 0.475. The number of thiol groups is 1. The highest BCUT2D eigenvalue weighted by molar-refractivity contribution is 7.80. The van der Waals surface area contributed by atoms with Crippen molar-refractivity contribution >= 4 is 18.6 Å². The molecule has 0 spiro atoms.